The van der Waals surface area contributed by atoms with Crippen molar-refractivity contribution in [1.82, 2.24) is 15.5 Å². The summed E-state index contributed by atoms with van der Waals surface area (Å²) in [5.74, 6) is -0.738. The number of nitrogens with one attached hydrogen (secondary N) is 3. The highest BCUT2D eigenvalue weighted by atomic mass is 16.3. The van der Waals surface area contributed by atoms with E-state index in [2.05, 4.69) is 75.4 Å². The van der Waals surface area contributed by atoms with Crippen LogP contribution >= 0.6 is 0 Å². The molecule has 184 valence electrons. The first-order valence-electron chi connectivity index (χ1n) is 12.4. The fraction of sp³-hybridized carbons (Fsp3) is 0.167. The van der Waals surface area contributed by atoms with E-state index in [9.17, 15) is 14.7 Å². The number of hydrogen-bond donors (Lipinski definition) is 4. The van der Waals surface area contributed by atoms with Crippen LogP contribution in [-0.2, 0) is 16.0 Å². The molecule has 1 heterocycles. The molecule has 7 heteroatoms. The molecule has 0 spiro atoms. The summed E-state index contributed by atoms with van der Waals surface area (Å²) in [6.45, 7) is -0.487. The van der Waals surface area contributed by atoms with Gasteiger partial charge in [0, 0.05) is 17.5 Å². The number of rotatable bonds is 8. The molecule has 0 aliphatic carbocycles. The molecule has 0 bridgehead atoms. The Hall–Kier alpha value is -4.49. The van der Waals surface area contributed by atoms with Gasteiger partial charge in [0.1, 0.15) is 6.04 Å². The van der Waals surface area contributed by atoms with Crippen LogP contribution in [0.25, 0.3) is 43.2 Å². The molecular weight excluding hydrogens is 464 g/mol. The van der Waals surface area contributed by atoms with Gasteiger partial charge in [0.05, 0.1) is 18.3 Å². The second kappa shape index (κ2) is 9.52. The minimum Gasteiger partial charge on any atom is -0.394 e. The van der Waals surface area contributed by atoms with Gasteiger partial charge in [-0.15, -0.1) is 0 Å². The predicted octanol–water partition coefficient (Wildman–Crippen LogP) is 4.90. The van der Waals surface area contributed by atoms with Crippen molar-refractivity contribution >= 4 is 60.7 Å². The van der Waals surface area contributed by atoms with E-state index < -0.39 is 18.6 Å². The lowest BCUT2D eigenvalue weighted by molar-refractivity contribution is -0.127. The second-order valence-corrected chi connectivity index (χ2v) is 9.40. The number of aryl methyl sites for hydroxylation is 1. The number of aromatic amines is 1. The molecule has 7 nitrogen and oxygen atoms in total. The number of H-pyrrole nitrogens is 1. The summed E-state index contributed by atoms with van der Waals surface area (Å²) in [7, 11) is 0. The fourth-order valence-corrected chi connectivity index (χ4v) is 5.16. The first-order chi connectivity index (χ1) is 18.1. The molecule has 0 aliphatic heterocycles. The van der Waals surface area contributed by atoms with E-state index >= 15 is 0 Å². The summed E-state index contributed by atoms with van der Waals surface area (Å²) in [5.41, 5.74) is 2.54. The monoisotopic (exact) mass is 490 g/mol. The molecule has 5 aromatic carbocycles. The number of nitrogens with zero attached hydrogens (tertiary/aromatic N) is 1. The Morgan fingerprint density at radius 3 is 2.43 bits per heavy atom. The zero-order valence-electron chi connectivity index (χ0n) is 20.1. The van der Waals surface area contributed by atoms with Gasteiger partial charge in [-0.1, -0.05) is 54.6 Å². The topological polar surface area (TPSA) is 107 Å². The number of fused-ring (bicyclic) bond motifs is 1. The third kappa shape index (κ3) is 4.34. The van der Waals surface area contributed by atoms with Crippen molar-refractivity contribution in [2.45, 2.75) is 25.3 Å². The van der Waals surface area contributed by atoms with Crippen molar-refractivity contribution in [2.24, 2.45) is 0 Å². The Morgan fingerprint density at radius 1 is 0.892 bits per heavy atom. The minimum atomic E-state index is -1.03. The minimum absolute atomic E-state index is 0.256. The molecule has 0 radical (unpaired) electrons. The maximum absolute atomic E-state index is 12.7. The number of anilines is 1. The van der Waals surface area contributed by atoms with Gasteiger partial charge in [-0.05, 0) is 68.9 Å². The molecule has 0 saturated heterocycles. The van der Waals surface area contributed by atoms with Gasteiger partial charge in [0.15, 0.2) is 0 Å². The van der Waals surface area contributed by atoms with Crippen LogP contribution in [0.3, 0.4) is 0 Å². The van der Waals surface area contributed by atoms with E-state index in [1.54, 1.807) is 18.3 Å². The number of benzene rings is 5. The molecule has 0 aliphatic rings. The van der Waals surface area contributed by atoms with Crippen molar-refractivity contribution < 1.29 is 14.7 Å². The van der Waals surface area contributed by atoms with Crippen LogP contribution in [0.15, 0.2) is 79.0 Å². The van der Waals surface area contributed by atoms with Crippen LogP contribution < -0.4 is 10.6 Å². The maximum Gasteiger partial charge on any atom is 0.249 e. The third-order valence-electron chi connectivity index (χ3n) is 7.01. The second-order valence-electron chi connectivity index (χ2n) is 9.40. The molecule has 1 atom stereocenters. The first kappa shape index (κ1) is 22.9. The molecule has 0 saturated carbocycles. The van der Waals surface area contributed by atoms with E-state index in [4.69, 9.17) is 0 Å². The molecule has 4 N–H and O–H groups in total. The van der Waals surface area contributed by atoms with Crippen molar-refractivity contribution in [3.05, 3.63) is 84.6 Å². The van der Waals surface area contributed by atoms with Crippen molar-refractivity contribution in [3.63, 3.8) is 0 Å². The molecule has 1 aromatic heterocycles. The Balaban J connectivity index is 1.10. The van der Waals surface area contributed by atoms with Crippen molar-refractivity contribution in [1.29, 1.82) is 0 Å². The molecular formula is C30H26N4O3. The standard InChI is InChI=1S/C30H26N4O3/c35-17-26(30(37)32-23-13-11-22-16-31-34-25(22)15-23)33-27(36)6-2-3-18-7-8-21-10-9-19-4-1-5-20-12-14-24(18)29(21)28(19)20/h1,4-5,7-16,26,35H,2-3,6,17H2,(H,31,34)(H,32,37)(H,33,36). The fourth-order valence-electron chi connectivity index (χ4n) is 5.16. The van der Waals surface area contributed by atoms with Gasteiger partial charge in [0.25, 0.3) is 0 Å². The van der Waals surface area contributed by atoms with Gasteiger partial charge < -0.3 is 15.7 Å². The van der Waals surface area contributed by atoms with E-state index in [1.165, 1.54) is 37.9 Å². The smallest absolute Gasteiger partial charge is 0.249 e. The van der Waals surface area contributed by atoms with Crippen LogP contribution in [0.5, 0.6) is 0 Å². The molecule has 2 amide bonds. The number of aliphatic hydroxyl groups excluding tert-OH is 1. The number of aromatic nitrogens is 2. The zero-order chi connectivity index (χ0) is 25.4. The summed E-state index contributed by atoms with van der Waals surface area (Å²) < 4.78 is 0. The van der Waals surface area contributed by atoms with Crippen LogP contribution in [0.2, 0.25) is 0 Å². The van der Waals surface area contributed by atoms with E-state index in [0.29, 0.717) is 12.1 Å². The summed E-state index contributed by atoms with van der Waals surface area (Å²) in [6.07, 6.45) is 3.32. The molecule has 0 fully saturated rings. The number of amides is 2. The molecule has 1 unspecified atom stereocenters. The molecule has 6 rings (SSSR count). The third-order valence-corrected chi connectivity index (χ3v) is 7.01. The Kier molecular flexibility index (Phi) is 5.90. The summed E-state index contributed by atoms with van der Waals surface area (Å²) >= 11 is 0. The largest absolute Gasteiger partial charge is 0.394 e. The van der Waals surface area contributed by atoms with Crippen LogP contribution in [0.1, 0.15) is 18.4 Å². The lowest BCUT2D eigenvalue weighted by atomic mass is 9.90. The lowest BCUT2D eigenvalue weighted by Crippen LogP contribution is -2.46. The summed E-state index contributed by atoms with van der Waals surface area (Å²) in [4.78, 5) is 25.3. The summed E-state index contributed by atoms with van der Waals surface area (Å²) in [5, 5.41) is 30.3. The molecule has 6 aromatic rings. The summed E-state index contributed by atoms with van der Waals surface area (Å²) in [6, 6.07) is 23.6. The van der Waals surface area contributed by atoms with Crippen LogP contribution in [0.4, 0.5) is 5.69 Å². The first-order valence-corrected chi connectivity index (χ1v) is 12.4. The van der Waals surface area contributed by atoms with Gasteiger partial charge in [-0.25, -0.2) is 0 Å². The highest BCUT2D eigenvalue weighted by Gasteiger charge is 2.20. The van der Waals surface area contributed by atoms with Crippen molar-refractivity contribution in [3.8, 4) is 0 Å². The number of carbonyl (C=O) groups excluding carboxylic acids is 2. The van der Waals surface area contributed by atoms with Gasteiger partial charge in [-0.2, -0.15) is 5.10 Å². The van der Waals surface area contributed by atoms with Crippen LogP contribution in [0, 0.1) is 0 Å². The normalized spacial score (nSPS) is 12.5. The Labute approximate surface area is 212 Å². The Bertz CT molecular complexity index is 1740. The maximum atomic E-state index is 12.7. The predicted molar refractivity (Wildman–Crippen MR) is 147 cm³/mol. The Morgan fingerprint density at radius 2 is 1.62 bits per heavy atom. The highest BCUT2D eigenvalue weighted by molar-refractivity contribution is 6.23. The van der Waals surface area contributed by atoms with E-state index in [1.807, 2.05) is 6.07 Å². The van der Waals surface area contributed by atoms with Gasteiger partial charge in [-0.3, -0.25) is 14.7 Å². The number of aliphatic hydroxyl groups is 1. The highest BCUT2D eigenvalue weighted by Crippen LogP contribution is 2.36. The van der Waals surface area contributed by atoms with Gasteiger partial charge in [0.2, 0.25) is 11.8 Å². The van der Waals surface area contributed by atoms with E-state index in [0.717, 1.165) is 17.3 Å². The number of hydrogen-bond acceptors (Lipinski definition) is 4. The SMILES string of the molecule is O=C(CCCc1ccc2ccc3cccc4ccc1c2c34)NC(CO)C(=O)Nc1ccc2cn[nH]c2c1. The molecule has 37 heavy (non-hydrogen) atoms. The lowest BCUT2D eigenvalue weighted by Gasteiger charge is -2.17. The van der Waals surface area contributed by atoms with Crippen LogP contribution in [-0.4, -0.2) is 39.8 Å². The average molecular weight is 491 g/mol. The van der Waals surface area contributed by atoms with E-state index in [-0.39, 0.29) is 12.3 Å². The zero-order valence-corrected chi connectivity index (χ0v) is 20.1. The number of carbonyl (C=O) groups is 2. The van der Waals surface area contributed by atoms with Crippen molar-refractivity contribution in [2.75, 3.05) is 11.9 Å². The average Bonchev–Trinajstić information content (AvgIpc) is 3.39. The van der Waals surface area contributed by atoms with Gasteiger partial charge >= 0.3 is 0 Å². The quantitative estimate of drug-likeness (QED) is 0.228.